The second-order valence-electron chi connectivity index (χ2n) is 9.64. The number of amides is 3. The molecule has 0 radical (unpaired) electrons. The number of nitrogens with zero attached hydrogens (tertiary/aromatic N) is 2. The molecule has 0 bridgehead atoms. The maximum Gasteiger partial charge on any atom is 0.272 e. The number of aryl methyl sites for hydroxylation is 1. The fraction of sp³-hybridized carbons (Fsp3) is 0.121. The average Bonchev–Trinajstić information content (AvgIpc) is 3.41. The molecule has 3 aromatic carbocycles. The van der Waals surface area contributed by atoms with Crippen molar-refractivity contribution in [1.82, 2.24) is 15.3 Å². The van der Waals surface area contributed by atoms with E-state index in [0.717, 1.165) is 20.7 Å². The van der Waals surface area contributed by atoms with Crippen LogP contribution >= 0.6 is 23.1 Å². The molecule has 216 valence electrons. The van der Waals surface area contributed by atoms with Crippen LogP contribution in [0.2, 0.25) is 0 Å². The number of thiazole rings is 1. The Kier molecular flexibility index (Phi) is 9.60. The number of carbonyl (C=O) groups excluding carboxylic acids is 3. The molecule has 8 nitrogen and oxygen atoms in total. The van der Waals surface area contributed by atoms with E-state index in [1.807, 2.05) is 44.2 Å². The zero-order valence-corrected chi connectivity index (χ0v) is 25.2. The van der Waals surface area contributed by atoms with E-state index < -0.39 is 11.8 Å². The van der Waals surface area contributed by atoms with Crippen molar-refractivity contribution in [2.75, 3.05) is 10.6 Å². The normalized spacial score (nSPS) is 12.0. The largest absolute Gasteiger partial charge is 0.321 e. The van der Waals surface area contributed by atoms with Crippen LogP contribution < -0.4 is 16.0 Å². The lowest BCUT2D eigenvalue weighted by Crippen LogP contribution is -2.30. The number of anilines is 2. The molecule has 2 aromatic heterocycles. The van der Waals surface area contributed by atoms with Crippen molar-refractivity contribution in [2.24, 2.45) is 0 Å². The zero-order valence-electron chi connectivity index (χ0n) is 23.5. The standard InChI is InChI=1S/C33H29N5O3S2/c1-3-28(32(41)38-33-37-26-15-14-21(2)17-29(26)43-33)42-25-13-7-12-24(19-25)35-31(40)27(18-22-9-8-16-34-20-22)36-30(39)23-10-5-4-6-11-23/h4-20,28H,3H2,1-2H3,(H,35,40)(H,36,39)(H,37,38,41)/b27-18-. The Morgan fingerprint density at radius 2 is 1.79 bits per heavy atom. The first-order valence-corrected chi connectivity index (χ1v) is 15.3. The first-order chi connectivity index (χ1) is 20.9. The number of carbonyl (C=O) groups is 3. The van der Waals surface area contributed by atoms with Gasteiger partial charge in [-0.3, -0.25) is 19.4 Å². The molecule has 0 aliphatic rings. The number of thioether (sulfide) groups is 1. The summed E-state index contributed by atoms with van der Waals surface area (Å²) in [5, 5.41) is 8.76. The van der Waals surface area contributed by atoms with Crippen LogP contribution in [0.4, 0.5) is 10.8 Å². The zero-order chi connectivity index (χ0) is 30.2. The lowest BCUT2D eigenvalue weighted by atomic mass is 10.2. The number of benzene rings is 3. The predicted octanol–water partition coefficient (Wildman–Crippen LogP) is 6.92. The monoisotopic (exact) mass is 607 g/mol. The number of fused-ring (bicyclic) bond motifs is 1. The lowest BCUT2D eigenvalue weighted by Gasteiger charge is -2.15. The third-order valence-corrected chi connectivity index (χ3v) is 8.62. The van der Waals surface area contributed by atoms with Gasteiger partial charge in [0.05, 0.1) is 15.5 Å². The SMILES string of the molecule is CCC(Sc1cccc(NC(=O)/C(=C/c2cccnc2)NC(=O)c2ccccc2)c1)C(=O)Nc1nc2ccc(C)cc2s1. The fourth-order valence-electron chi connectivity index (χ4n) is 4.17. The van der Waals surface area contributed by atoms with Gasteiger partial charge >= 0.3 is 0 Å². The second kappa shape index (κ2) is 13.9. The number of aromatic nitrogens is 2. The maximum absolute atomic E-state index is 13.4. The molecule has 0 fully saturated rings. The number of pyridine rings is 1. The molecule has 0 spiro atoms. The van der Waals surface area contributed by atoms with E-state index in [-0.39, 0.29) is 16.9 Å². The van der Waals surface area contributed by atoms with E-state index >= 15 is 0 Å². The molecular formula is C33H29N5O3S2. The van der Waals surface area contributed by atoms with E-state index in [1.54, 1.807) is 67.0 Å². The highest BCUT2D eigenvalue weighted by Gasteiger charge is 2.20. The first-order valence-electron chi connectivity index (χ1n) is 13.6. The van der Waals surface area contributed by atoms with Crippen LogP contribution in [-0.4, -0.2) is 32.9 Å². The number of nitrogens with one attached hydrogen (secondary N) is 3. The van der Waals surface area contributed by atoms with Gasteiger partial charge in [0, 0.05) is 28.5 Å². The van der Waals surface area contributed by atoms with Crippen molar-refractivity contribution in [3.63, 3.8) is 0 Å². The fourth-order valence-corrected chi connectivity index (χ4v) is 6.15. The topological polar surface area (TPSA) is 113 Å². The lowest BCUT2D eigenvalue weighted by molar-refractivity contribution is -0.116. The Balaban J connectivity index is 1.28. The van der Waals surface area contributed by atoms with Gasteiger partial charge in [0.15, 0.2) is 5.13 Å². The second-order valence-corrected chi connectivity index (χ2v) is 11.9. The minimum Gasteiger partial charge on any atom is -0.321 e. The highest BCUT2D eigenvalue weighted by atomic mass is 32.2. The molecule has 3 N–H and O–H groups in total. The van der Waals surface area contributed by atoms with Crippen LogP contribution in [0, 0.1) is 6.92 Å². The average molecular weight is 608 g/mol. The number of rotatable bonds is 10. The van der Waals surface area contributed by atoms with Gasteiger partial charge in [0.25, 0.3) is 11.8 Å². The summed E-state index contributed by atoms with van der Waals surface area (Å²) in [5.41, 5.74) is 3.67. The molecule has 3 amide bonds. The van der Waals surface area contributed by atoms with Gasteiger partial charge in [-0.15, -0.1) is 11.8 Å². The van der Waals surface area contributed by atoms with Gasteiger partial charge in [-0.2, -0.15) is 0 Å². The molecule has 2 heterocycles. The molecule has 5 aromatic rings. The Bertz CT molecular complexity index is 1790. The van der Waals surface area contributed by atoms with Crippen molar-refractivity contribution >= 4 is 67.9 Å². The van der Waals surface area contributed by atoms with Crippen LogP contribution in [0.3, 0.4) is 0 Å². The summed E-state index contributed by atoms with van der Waals surface area (Å²) >= 11 is 2.86. The van der Waals surface area contributed by atoms with Crippen molar-refractivity contribution in [1.29, 1.82) is 0 Å². The van der Waals surface area contributed by atoms with Crippen molar-refractivity contribution in [2.45, 2.75) is 30.4 Å². The summed E-state index contributed by atoms with van der Waals surface area (Å²) in [4.78, 5) is 48.9. The molecule has 1 unspecified atom stereocenters. The molecule has 1 atom stereocenters. The van der Waals surface area contributed by atoms with Gasteiger partial charge in [-0.05, 0) is 79.1 Å². The smallest absolute Gasteiger partial charge is 0.272 e. The summed E-state index contributed by atoms with van der Waals surface area (Å²) in [6, 6.07) is 25.5. The van der Waals surface area contributed by atoms with E-state index in [2.05, 4.69) is 32.0 Å². The highest BCUT2D eigenvalue weighted by Crippen LogP contribution is 2.31. The third-order valence-electron chi connectivity index (χ3n) is 6.33. The van der Waals surface area contributed by atoms with Crippen LogP contribution in [0.1, 0.15) is 34.8 Å². The van der Waals surface area contributed by atoms with Crippen LogP contribution in [0.15, 0.2) is 108 Å². The summed E-state index contributed by atoms with van der Waals surface area (Å²) in [7, 11) is 0. The van der Waals surface area contributed by atoms with Crippen molar-refractivity contribution < 1.29 is 14.4 Å². The van der Waals surface area contributed by atoms with Crippen molar-refractivity contribution in [3.8, 4) is 0 Å². The van der Waals surface area contributed by atoms with Crippen LogP contribution in [0.5, 0.6) is 0 Å². The Morgan fingerprint density at radius 3 is 2.56 bits per heavy atom. The molecule has 0 saturated carbocycles. The Labute approximate surface area is 257 Å². The molecule has 10 heteroatoms. The predicted molar refractivity (Wildman–Crippen MR) is 174 cm³/mol. The number of hydrogen-bond acceptors (Lipinski definition) is 7. The van der Waals surface area contributed by atoms with E-state index in [4.69, 9.17) is 0 Å². The minimum atomic E-state index is -0.494. The van der Waals surface area contributed by atoms with Gasteiger partial charge in [-0.25, -0.2) is 4.98 Å². The quantitative estimate of drug-likeness (QED) is 0.117. The van der Waals surface area contributed by atoms with Gasteiger partial charge in [0.2, 0.25) is 5.91 Å². The van der Waals surface area contributed by atoms with Crippen LogP contribution in [0.25, 0.3) is 16.3 Å². The highest BCUT2D eigenvalue weighted by molar-refractivity contribution is 8.00. The number of hydrogen-bond donors (Lipinski definition) is 3. The van der Waals surface area contributed by atoms with Gasteiger partial charge in [-0.1, -0.05) is 54.7 Å². The maximum atomic E-state index is 13.4. The summed E-state index contributed by atoms with van der Waals surface area (Å²) in [6.07, 6.45) is 5.40. The Hall–Kier alpha value is -4.80. The van der Waals surface area contributed by atoms with Crippen molar-refractivity contribution in [3.05, 3.63) is 120 Å². The summed E-state index contributed by atoms with van der Waals surface area (Å²) in [5.74, 6) is -1.04. The first kappa shape index (κ1) is 29.7. The van der Waals surface area contributed by atoms with E-state index in [0.29, 0.717) is 28.4 Å². The van der Waals surface area contributed by atoms with Crippen LogP contribution in [-0.2, 0) is 9.59 Å². The van der Waals surface area contributed by atoms with Gasteiger partial charge in [0.1, 0.15) is 5.70 Å². The minimum absolute atomic E-state index is 0.0664. The van der Waals surface area contributed by atoms with E-state index in [9.17, 15) is 14.4 Å². The Morgan fingerprint density at radius 1 is 0.953 bits per heavy atom. The van der Waals surface area contributed by atoms with Gasteiger partial charge < -0.3 is 16.0 Å². The molecule has 0 aliphatic heterocycles. The molecule has 43 heavy (non-hydrogen) atoms. The third kappa shape index (κ3) is 7.94. The summed E-state index contributed by atoms with van der Waals surface area (Å²) in [6.45, 7) is 3.98. The molecule has 0 saturated heterocycles. The molecule has 5 rings (SSSR count). The summed E-state index contributed by atoms with van der Waals surface area (Å²) < 4.78 is 1.02. The van der Waals surface area contributed by atoms with E-state index in [1.165, 1.54) is 23.1 Å². The molecular weight excluding hydrogens is 579 g/mol. The molecule has 0 aliphatic carbocycles.